The Hall–Kier alpha value is -1.45. The zero-order valence-electron chi connectivity index (χ0n) is 16.6. The highest BCUT2D eigenvalue weighted by Crippen LogP contribution is 2.22. The van der Waals surface area contributed by atoms with Gasteiger partial charge in [-0.05, 0) is 36.8 Å². The molecule has 2 atom stereocenters. The van der Waals surface area contributed by atoms with Crippen molar-refractivity contribution in [3.8, 4) is 5.75 Å². The van der Waals surface area contributed by atoms with Gasteiger partial charge in [-0.1, -0.05) is 37.3 Å². The Kier molecular flexibility index (Phi) is 12.0. The molecule has 0 saturated heterocycles. The molecule has 154 valence electrons. The van der Waals surface area contributed by atoms with Gasteiger partial charge in [0.2, 0.25) is 0 Å². The van der Waals surface area contributed by atoms with Crippen molar-refractivity contribution < 1.29 is 9.84 Å². The van der Waals surface area contributed by atoms with Crippen LogP contribution in [0.1, 0.15) is 25.5 Å². The largest absolute Gasteiger partial charge is 0.497 e. The average Bonchev–Trinajstić information content (AvgIpc) is 2.70. The van der Waals surface area contributed by atoms with Crippen LogP contribution in [-0.4, -0.2) is 43.1 Å². The van der Waals surface area contributed by atoms with E-state index in [1.54, 1.807) is 7.11 Å². The highest BCUT2D eigenvalue weighted by Gasteiger charge is 2.10. The van der Waals surface area contributed by atoms with E-state index in [1.165, 1.54) is 4.90 Å². The summed E-state index contributed by atoms with van der Waals surface area (Å²) in [5.41, 5.74) is 0.793. The Morgan fingerprint density at radius 3 is 2.57 bits per heavy atom. The van der Waals surface area contributed by atoms with E-state index in [-0.39, 0.29) is 30.5 Å². The lowest BCUT2D eigenvalue weighted by molar-refractivity contribution is 0.186. The lowest BCUT2D eigenvalue weighted by atomic mass is 10.1. The van der Waals surface area contributed by atoms with Crippen molar-refractivity contribution in [3.63, 3.8) is 0 Å². The fraction of sp³-hybridized carbons (Fsp3) is 0.381. The molecule has 0 radical (unpaired) electrons. The second-order valence-electron chi connectivity index (χ2n) is 6.13. The van der Waals surface area contributed by atoms with Crippen LogP contribution in [0.25, 0.3) is 0 Å². The molecule has 2 rings (SSSR count). The van der Waals surface area contributed by atoms with Crippen molar-refractivity contribution in [1.82, 2.24) is 10.6 Å². The van der Waals surface area contributed by atoms with E-state index in [2.05, 4.69) is 34.7 Å². The molecule has 0 saturated carbocycles. The van der Waals surface area contributed by atoms with Crippen LogP contribution in [0.15, 0.2) is 64.5 Å². The number of nitrogens with zero attached hydrogens (tertiary/aromatic N) is 1. The number of methoxy groups -OCH3 is 1. The van der Waals surface area contributed by atoms with Crippen molar-refractivity contribution in [2.75, 3.05) is 26.7 Å². The molecule has 7 heteroatoms. The quantitative estimate of drug-likeness (QED) is 0.203. The molecule has 0 heterocycles. The van der Waals surface area contributed by atoms with Gasteiger partial charge >= 0.3 is 0 Å². The summed E-state index contributed by atoms with van der Waals surface area (Å²) >= 11 is 1.82. The summed E-state index contributed by atoms with van der Waals surface area (Å²) in [4.78, 5) is 5.77. The first-order chi connectivity index (χ1) is 13.1. The van der Waals surface area contributed by atoms with Gasteiger partial charge in [0.25, 0.3) is 0 Å². The molecule has 0 aromatic heterocycles. The maximum atomic E-state index is 10.4. The highest BCUT2D eigenvalue weighted by atomic mass is 127. The zero-order chi connectivity index (χ0) is 19.5. The van der Waals surface area contributed by atoms with Gasteiger partial charge < -0.3 is 20.5 Å². The number of hydrogen-bond donors (Lipinski definition) is 3. The summed E-state index contributed by atoms with van der Waals surface area (Å²) in [5, 5.41) is 17.4. The molecule has 2 aromatic carbocycles. The molecule has 0 aliphatic rings. The minimum atomic E-state index is -0.674. The molecule has 28 heavy (non-hydrogen) atoms. The summed E-state index contributed by atoms with van der Waals surface area (Å²) < 4.78 is 5.21. The summed E-state index contributed by atoms with van der Waals surface area (Å²) in [7, 11) is 1.62. The number of aliphatic hydroxyl groups is 1. The fourth-order valence-electron chi connectivity index (χ4n) is 2.49. The number of halogens is 1. The second kappa shape index (κ2) is 13.7. The minimum Gasteiger partial charge on any atom is -0.497 e. The topological polar surface area (TPSA) is 65.9 Å². The minimum absolute atomic E-state index is 0. The summed E-state index contributed by atoms with van der Waals surface area (Å²) in [5.74, 6) is 1.44. The molecule has 0 spiro atoms. The average molecular weight is 515 g/mol. The number of aliphatic hydroxyl groups excluding tert-OH is 1. The number of guanidine groups is 1. The van der Waals surface area contributed by atoms with Crippen LogP contribution >= 0.6 is 35.7 Å². The Morgan fingerprint density at radius 2 is 1.89 bits per heavy atom. The molecular formula is C21H30IN3O2S. The first-order valence-electron chi connectivity index (χ1n) is 9.18. The van der Waals surface area contributed by atoms with E-state index in [0.717, 1.165) is 24.4 Å². The molecule has 0 bridgehead atoms. The first-order valence-corrected chi connectivity index (χ1v) is 10.1. The molecule has 3 N–H and O–H groups in total. The number of nitrogens with one attached hydrogen (secondary N) is 2. The third-order valence-electron chi connectivity index (χ3n) is 3.88. The second-order valence-corrected chi connectivity index (χ2v) is 7.65. The molecule has 2 aromatic rings. The molecular weight excluding hydrogens is 485 g/mol. The molecule has 0 amide bonds. The standard InChI is InChI=1S/C21H29N3O2S.HI/c1-4-22-21(23-14-16(2)27-19-11-6-5-7-12-19)24-15-20(25)17-9-8-10-18(13-17)26-3;/h5-13,16,20,25H,4,14-15H2,1-3H3,(H2,22,23,24);1H. The lowest BCUT2D eigenvalue weighted by Crippen LogP contribution is -2.40. The molecule has 2 unspecified atom stereocenters. The molecule has 0 fully saturated rings. The number of benzene rings is 2. The Labute approximate surface area is 189 Å². The Morgan fingerprint density at radius 1 is 1.14 bits per heavy atom. The van der Waals surface area contributed by atoms with E-state index in [0.29, 0.717) is 11.2 Å². The van der Waals surface area contributed by atoms with Crippen molar-refractivity contribution in [2.45, 2.75) is 30.1 Å². The van der Waals surface area contributed by atoms with Crippen molar-refractivity contribution in [3.05, 3.63) is 60.2 Å². The van der Waals surface area contributed by atoms with Gasteiger partial charge in [-0.2, -0.15) is 0 Å². The van der Waals surface area contributed by atoms with E-state index in [9.17, 15) is 5.11 Å². The Balaban J connectivity index is 0.00000392. The van der Waals surface area contributed by atoms with Gasteiger partial charge in [-0.25, -0.2) is 0 Å². The number of aliphatic imine (C=N–C) groups is 1. The maximum absolute atomic E-state index is 10.4. The molecule has 5 nitrogen and oxygen atoms in total. The normalized spacial score (nSPS) is 13.2. The highest BCUT2D eigenvalue weighted by molar-refractivity contribution is 14.0. The number of ether oxygens (including phenoxy) is 1. The summed E-state index contributed by atoms with van der Waals surface area (Å²) in [6, 6.07) is 17.8. The third-order valence-corrected chi connectivity index (χ3v) is 5.00. The predicted octanol–water partition coefficient (Wildman–Crippen LogP) is 4.08. The SMILES string of the molecule is CCNC(=NCC(O)c1cccc(OC)c1)NCC(C)Sc1ccccc1.I. The first kappa shape index (κ1) is 24.6. The van der Waals surface area contributed by atoms with E-state index < -0.39 is 6.10 Å². The van der Waals surface area contributed by atoms with Gasteiger partial charge in [0.1, 0.15) is 5.75 Å². The van der Waals surface area contributed by atoms with Gasteiger partial charge in [0.15, 0.2) is 5.96 Å². The molecule has 0 aliphatic carbocycles. The van der Waals surface area contributed by atoms with Crippen molar-refractivity contribution in [2.24, 2.45) is 4.99 Å². The van der Waals surface area contributed by atoms with Gasteiger partial charge in [-0.3, -0.25) is 4.99 Å². The molecule has 0 aliphatic heterocycles. The maximum Gasteiger partial charge on any atom is 0.191 e. The Bertz CT molecular complexity index is 716. The van der Waals surface area contributed by atoms with Gasteiger partial charge in [0.05, 0.1) is 19.8 Å². The summed E-state index contributed by atoms with van der Waals surface area (Å²) in [6.45, 7) is 6.03. The van der Waals surface area contributed by atoms with Crippen LogP contribution in [0.2, 0.25) is 0 Å². The smallest absolute Gasteiger partial charge is 0.191 e. The summed E-state index contributed by atoms with van der Waals surface area (Å²) in [6.07, 6.45) is -0.674. The van der Waals surface area contributed by atoms with Crippen molar-refractivity contribution >= 4 is 41.7 Å². The van der Waals surface area contributed by atoms with E-state index in [4.69, 9.17) is 4.74 Å². The number of rotatable bonds is 9. The lowest BCUT2D eigenvalue weighted by Gasteiger charge is -2.16. The van der Waals surface area contributed by atoms with Crippen LogP contribution in [0.4, 0.5) is 0 Å². The van der Waals surface area contributed by atoms with Crippen LogP contribution in [-0.2, 0) is 0 Å². The predicted molar refractivity (Wildman–Crippen MR) is 129 cm³/mol. The third kappa shape index (κ3) is 8.70. The fourth-order valence-corrected chi connectivity index (χ4v) is 3.43. The van der Waals surface area contributed by atoms with Gasteiger partial charge in [-0.15, -0.1) is 35.7 Å². The van der Waals surface area contributed by atoms with Crippen molar-refractivity contribution in [1.29, 1.82) is 0 Å². The van der Waals surface area contributed by atoms with Crippen LogP contribution in [0, 0.1) is 0 Å². The van der Waals surface area contributed by atoms with E-state index >= 15 is 0 Å². The van der Waals surface area contributed by atoms with Crippen LogP contribution < -0.4 is 15.4 Å². The van der Waals surface area contributed by atoms with Crippen LogP contribution in [0.5, 0.6) is 5.75 Å². The zero-order valence-corrected chi connectivity index (χ0v) is 19.7. The van der Waals surface area contributed by atoms with Gasteiger partial charge in [0, 0.05) is 23.2 Å². The van der Waals surface area contributed by atoms with Crippen LogP contribution in [0.3, 0.4) is 0 Å². The number of thioether (sulfide) groups is 1. The van der Waals surface area contributed by atoms with E-state index in [1.807, 2.05) is 61.2 Å². The number of hydrogen-bond acceptors (Lipinski definition) is 4. The monoisotopic (exact) mass is 515 g/mol.